The Bertz CT molecular complexity index is 1350. The lowest BCUT2D eigenvalue weighted by atomic mass is 9.98. The number of carbonyl (C=O) groups excluding carboxylic acids is 1. The maximum Gasteiger partial charge on any atom is 0.389 e. The Labute approximate surface area is 225 Å². The van der Waals surface area contributed by atoms with E-state index >= 15 is 0 Å². The predicted octanol–water partition coefficient (Wildman–Crippen LogP) is 5.41. The van der Waals surface area contributed by atoms with Gasteiger partial charge in [-0.2, -0.15) is 18.3 Å². The van der Waals surface area contributed by atoms with Crippen LogP contribution in [0.5, 0.6) is 0 Å². The lowest BCUT2D eigenvalue weighted by Crippen LogP contribution is -2.36. The number of nitrogens with zero attached hydrogens (tertiary/aromatic N) is 5. The van der Waals surface area contributed by atoms with Gasteiger partial charge in [0.15, 0.2) is 0 Å². The number of halogens is 3. The van der Waals surface area contributed by atoms with Crippen LogP contribution in [0.25, 0.3) is 22.4 Å². The Hall–Kier alpha value is -3.60. The molecule has 0 bridgehead atoms. The number of pyridine rings is 1. The maximum absolute atomic E-state index is 12.9. The van der Waals surface area contributed by atoms with E-state index in [-0.39, 0.29) is 12.6 Å². The third-order valence-corrected chi connectivity index (χ3v) is 7.33. The van der Waals surface area contributed by atoms with Crippen LogP contribution in [0, 0.1) is 19.8 Å². The van der Waals surface area contributed by atoms with Crippen molar-refractivity contribution in [1.82, 2.24) is 19.7 Å². The van der Waals surface area contributed by atoms with E-state index in [2.05, 4.69) is 21.4 Å². The van der Waals surface area contributed by atoms with Gasteiger partial charge in [0.25, 0.3) is 0 Å². The number of hydrogen-bond donors (Lipinski definition) is 1. The van der Waals surface area contributed by atoms with Gasteiger partial charge in [-0.05, 0) is 67.1 Å². The molecule has 2 aliphatic heterocycles. The van der Waals surface area contributed by atoms with Gasteiger partial charge in [-0.25, -0.2) is 9.78 Å². The van der Waals surface area contributed by atoms with Crippen LogP contribution in [0.1, 0.15) is 24.1 Å². The monoisotopic (exact) mass is 542 g/mol. The number of carbonyl (C=O) groups is 1. The van der Waals surface area contributed by atoms with E-state index in [1.165, 1.54) is 4.90 Å². The first kappa shape index (κ1) is 27.0. The van der Waals surface area contributed by atoms with E-state index in [1.54, 1.807) is 4.68 Å². The van der Waals surface area contributed by atoms with Crippen LogP contribution >= 0.6 is 0 Å². The molecule has 2 aromatic heterocycles. The summed E-state index contributed by atoms with van der Waals surface area (Å²) >= 11 is 0. The van der Waals surface area contributed by atoms with Crippen LogP contribution < -0.4 is 10.2 Å². The number of likely N-dealkylation sites (tertiary alicyclic amines) is 1. The lowest BCUT2D eigenvalue weighted by molar-refractivity contribution is -0.143. The summed E-state index contributed by atoms with van der Waals surface area (Å²) in [5.41, 5.74) is 6.12. The summed E-state index contributed by atoms with van der Waals surface area (Å²) < 4.78 is 45.7. The van der Waals surface area contributed by atoms with E-state index in [4.69, 9.17) is 9.72 Å². The fourth-order valence-electron chi connectivity index (χ4n) is 5.34. The maximum atomic E-state index is 12.9. The summed E-state index contributed by atoms with van der Waals surface area (Å²) in [5.74, 6) is 0.282. The second-order valence-electron chi connectivity index (χ2n) is 10.4. The number of urea groups is 1. The Morgan fingerprint density at radius 3 is 2.56 bits per heavy atom. The molecule has 3 aromatic rings. The molecule has 0 saturated carbocycles. The summed E-state index contributed by atoms with van der Waals surface area (Å²) in [5, 5.41) is 7.38. The first-order valence-electron chi connectivity index (χ1n) is 13.1. The molecule has 2 fully saturated rings. The molecule has 0 radical (unpaired) electrons. The average Bonchev–Trinajstić information content (AvgIpc) is 3.49. The average molecular weight is 543 g/mol. The van der Waals surface area contributed by atoms with E-state index < -0.39 is 18.5 Å². The van der Waals surface area contributed by atoms with Crippen LogP contribution in [-0.2, 0) is 11.8 Å². The highest BCUT2D eigenvalue weighted by molar-refractivity contribution is 5.91. The molecule has 0 spiro atoms. The molecule has 1 unspecified atom stereocenters. The standard InChI is InChI=1S/C28H33F3N6O2/c1-18-4-5-22(32-27(38)37-7-6-20(16-37)15-28(29,30)31)14-23(18)21-12-25(24-17-35(3)34-19(24)2)33-26(13-21)36-8-10-39-11-9-36/h4-5,12-14,17,20H,6-11,15-16H2,1-3H3,(H,32,38). The molecule has 1 atom stereocenters. The van der Waals surface area contributed by atoms with Crippen molar-refractivity contribution in [3.63, 3.8) is 0 Å². The van der Waals surface area contributed by atoms with Crippen molar-refractivity contribution >= 4 is 17.5 Å². The molecular weight excluding hydrogens is 509 g/mol. The number of alkyl halides is 3. The molecule has 2 saturated heterocycles. The molecule has 1 aromatic carbocycles. The highest BCUT2D eigenvalue weighted by Gasteiger charge is 2.36. The third-order valence-electron chi connectivity index (χ3n) is 7.33. The Kier molecular flexibility index (Phi) is 7.53. The Morgan fingerprint density at radius 2 is 1.87 bits per heavy atom. The first-order chi connectivity index (χ1) is 18.6. The number of benzene rings is 1. The molecule has 0 aliphatic carbocycles. The largest absolute Gasteiger partial charge is 0.389 e. The van der Waals surface area contributed by atoms with Gasteiger partial charge in [0, 0.05) is 57.1 Å². The van der Waals surface area contributed by atoms with Crippen LogP contribution in [0.4, 0.5) is 29.5 Å². The summed E-state index contributed by atoms with van der Waals surface area (Å²) in [6.07, 6.45) is -2.78. The SMILES string of the molecule is Cc1ccc(NC(=O)N2CCC(CC(F)(F)F)C2)cc1-c1cc(-c2cn(C)nc2C)nc(N2CCOCC2)c1. The van der Waals surface area contributed by atoms with Gasteiger partial charge in [-0.1, -0.05) is 6.07 Å². The van der Waals surface area contributed by atoms with Crippen molar-refractivity contribution in [2.24, 2.45) is 13.0 Å². The Morgan fingerprint density at radius 1 is 1.10 bits per heavy atom. The molecule has 1 N–H and O–H groups in total. The fourth-order valence-corrected chi connectivity index (χ4v) is 5.34. The number of aromatic nitrogens is 3. The third kappa shape index (κ3) is 6.35. The van der Waals surface area contributed by atoms with Gasteiger partial charge in [0.1, 0.15) is 5.82 Å². The number of nitrogens with one attached hydrogen (secondary N) is 1. The number of amides is 2. The van der Waals surface area contributed by atoms with E-state index in [1.807, 2.05) is 51.4 Å². The fraction of sp³-hybridized carbons (Fsp3) is 0.464. The van der Waals surface area contributed by atoms with Gasteiger partial charge >= 0.3 is 12.2 Å². The number of rotatable bonds is 5. The highest BCUT2D eigenvalue weighted by atomic mass is 19.4. The highest BCUT2D eigenvalue weighted by Crippen LogP contribution is 2.34. The van der Waals surface area contributed by atoms with Crippen molar-refractivity contribution in [2.75, 3.05) is 49.6 Å². The molecule has 11 heteroatoms. The van der Waals surface area contributed by atoms with Crippen LogP contribution in [0.3, 0.4) is 0 Å². The lowest BCUT2D eigenvalue weighted by Gasteiger charge is -2.28. The topological polar surface area (TPSA) is 75.5 Å². The van der Waals surface area contributed by atoms with E-state index in [0.717, 1.165) is 52.5 Å². The van der Waals surface area contributed by atoms with Gasteiger partial charge < -0.3 is 19.9 Å². The molecule has 208 valence electrons. The molecule has 8 nitrogen and oxygen atoms in total. The predicted molar refractivity (Wildman–Crippen MR) is 144 cm³/mol. The van der Waals surface area contributed by atoms with Gasteiger partial charge in [0.05, 0.1) is 24.6 Å². The quantitative estimate of drug-likeness (QED) is 0.467. The number of ether oxygens (including phenoxy) is 1. The second kappa shape index (κ2) is 10.9. The number of hydrogen-bond acceptors (Lipinski definition) is 5. The van der Waals surface area contributed by atoms with Crippen molar-refractivity contribution in [1.29, 1.82) is 0 Å². The molecule has 39 heavy (non-hydrogen) atoms. The number of anilines is 2. The normalized spacial score (nSPS) is 18.1. The smallest absolute Gasteiger partial charge is 0.378 e. The van der Waals surface area contributed by atoms with Crippen molar-refractivity contribution in [2.45, 2.75) is 32.9 Å². The molecular formula is C28H33F3N6O2. The van der Waals surface area contributed by atoms with Gasteiger partial charge in [-0.15, -0.1) is 0 Å². The van der Waals surface area contributed by atoms with E-state index in [0.29, 0.717) is 31.9 Å². The minimum atomic E-state index is -4.22. The zero-order valence-corrected chi connectivity index (χ0v) is 22.4. The first-order valence-corrected chi connectivity index (χ1v) is 13.1. The van der Waals surface area contributed by atoms with Gasteiger partial charge in [-0.3, -0.25) is 4.68 Å². The van der Waals surface area contributed by atoms with Crippen LogP contribution in [0.15, 0.2) is 36.5 Å². The number of morpholine rings is 1. The van der Waals surface area contributed by atoms with Crippen molar-refractivity contribution in [3.05, 3.63) is 47.8 Å². The summed E-state index contributed by atoms with van der Waals surface area (Å²) in [4.78, 5) is 21.5. The number of aryl methyl sites for hydroxylation is 3. The van der Waals surface area contributed by atoms with Gasteiger partial charge in [0.2, 0.25) is 0 Å². The minimum absolute atomic E-state index is 0.102. The summed E-state index contributed by atoms with van der Waals surface area (Å²) in [6.45, 7) is 7.12. The second-order valence-corrected chi connectivity index (χ2v) is 10.4. The van der Waals surface area contributed by atoms with Crippen LogP contribution in [-0.4, -0.2) is 71.3 Å². The Balaban J connectivity index is 1.43. The summed E-state index contributed by atoms with van der Waals surface area (Å²) in [7, 11) is 1.88. The van der Waals surface area contributed by atoms with E-state index in [9.17, 15) is 18.0 Å². The summed E-state index contributed by atoms with van der Waals surface area (Å²) in [6, 6.07) is 9.36. The molecule has 2 aliphatic rings. The molecule has 2 amide bonds. The van der Waals surface area contributed by atoms with Crippen molar-refractivity contribution in [3.8, 4) is 22.4 Å². The minimum Gasteiger partial charge on any atom is -0.378 e. The van der Waals surface area contributed by atoms with Crippen LogP contribution in [0.2, 0.25) is 0 Å². The van der Waals surface area contributed by atoms with Crippen molar-refractivity contribution < 1.29 is 22.7 Å². The zero-order chi connectivity index (χ0) is 27.7. The molecule has 5 rings (SSSR count). The molecule has 4 heterocycles. The zero-order valence-electron chi connectivity index (χ0n) is 22.4.